The predicted molar refractivity (Wildman–Crippen MR) is 122 cm³/mol. The fraction of sp³-hybridized carbons (Fsp3) is 0.400. The number of amides is 2. The number of benzene rings is 2. The SMILES string of the molecule is CC(C)[C@H](CC(=O)O)NC(=O)C(C)(NC(=O)OCC1c2ccccc2-c2ccccc21)C(F)(F)F. The Balaban J connectivity index is 1.75. The number of carbonyl (C=O) groups excluding carboxylic acids is 2. The fourth-order valence-corrected chi connectivity index (χ4v) is 4.05. The second-order valence-corrected chi connectivity index (χ2v) is 9.00. The Bertz CT molecular complexity index is 1070. The number of fused-ring (bicyclic) bond motifs is 3. The van der Waals surface area contributed by atoms with Gasteiger partial charge in [-0.05, 0) is 35.1 Å². The number of ether oxygens (including phenoxy) is 1. The average molecular weight is 492 g/mol. The highest BCUT2D eigenvalue weighted by Crippen LogP contribution is 2.44. The van der Waals surface area contributed by atoms with Crippen molar-refractivity contribution in [3.8, 4) is 11.1 Å². The molecule has 0 aromatic heterocycles. The lowest BCUT2D eigenvalue weighted by Gasteiger charge is -2.33. The second-order valence-electron chi connectivity index (χ2n) is 9.00. The number of carboxylic acid groups (broad SMARTS) is 1. The predicted octanol–water partition coefficient (Wildman–Crippen LogP) is 4.46. The van der Waals surface area contributed by atoms with Gasteiger partial charge < -0.3 is 15.2 Å². The van der Waals surface area contributed by atoms with E-state index in [1.807, 2.05) is 48.5 Å². The van der Waals surface area contributed by atoms with Gasteiger partial charge in [-0.25, -0.2) is 4.79 Å². The maximum Gasteiger partial charge on any atom is 0.420 e. The Morgan fingerprint density at radius 2 is 1.51 bits per heavy atom. The molecule has 2 atom stereocenters. The van der Waals surface area contributed by atoms with Crippen molar-refractivity contribution in [1.82, 2.24) is 10.6 Å². The molecular formula is C25H27F3N2O5. The molecule has 0 fully saturated rings. The van der Waals surface area contributed by atoms with Gasteiger partial charge in [-0.3, -0.25) is 14.9 Å². The van der Waals surface area contributed by atoms with E-state index in [0.29, 0.717) is 6.92 Å². The summed E-state index contributed by atoms with van der Waals surface area (Å²) in [6.07, 6.45) is -7.16. The zero-order chi connectivity index (χ0) is 26.0. The average Bonchev–Trinajstić information content (AvgIpc) is 3.09. The van der Waals surface area contributed by atoms with Gasteiger partial charge in [0, 0.05) is 12.0 Å². The molecule has 0 spiro atoms. The van der Waals surface area contributed by atoms with Crippen LogP contribution in [0.25, 0.3) is 11.1 Å². The molecule has 7 nitrogen and oxygen atoms in total. The Kier molecular flexibility index (Phi) is 7.42. The van der Waals surface area contributed by atoms with Gasteiger partial charge in [-0.2, -0.15) is 13.2 Å². The smallest absolute Gasteiger partial charge is 0.420 e. The van der Waals surface area contributed by atoms with Crippen LogP contribution in [0.3, 0.4) is 0 Å². The van der Waals surface area contributed by atoms with Gasteiger partial charge in [0.05, 0.1) is 6.42 Å². The molecule has 0 radical (unpaired) electrons. The zero-order valence-electron chi connectivity index (χ0n) is 19.5. The van der Waals surface area contributed by atoms with Gasteiger partial charge in [-0.15, -0.1) is 0 Å². The molecule has 1 unspecified atom stereocenters. The standard InChI is InChI=1S/C25H27F3N2O5/c1-14(2)20(12-21(31)32)29-22(33)24(3,25(26,27)28)30-23(34)35-13-19-17-10-6-4-8-15(17)16-9-5-7-11-18(16)19/h4-11,14,19-20H,12-13H2,1-3H3,(H,29,33)(H,30,34)(H,31,32)/t20-,24?/m0/s1. The summed E-state index contributed by atoms with van der Waals surface area (Å²) < 4.78 is 46.9. The van der Waals surface area contributed by atoms with Crippen molar-refractivity contribution in [3.05, 3.63) is 59.7 Å². The lowest BCUT2D eigenvalue weighted by molar-refractivity contribution is -0.194. The quantitative estimate of drug-likeness (QED) is 0.505. The number of alkyl carbamates (subject to hydrolysis) is 1. The summed E-state index contributed by atoms with van der Waals surface area (Å²) in [5.74, 6) is -3.68. The van der Waals surface area contributed by atoms with Crippen molar-refractivity contribution < 1.29 is 37.4 Å². The molecule has 2 aromatic carbocycles. The number of hydrogen-bond donors (Lipinski definition) is 3. The van der Waals surface area contributed by atoms with E-state index in [2.05, 4.69) is 5.32 Å². The molecule has 35 heavy (non-hydrogen) atoms. The normalized spacial score (nSPS) is 15.5. The minimum Gasteiger partial charge on any atom is -0.481 e. The summed E-state index contributed by atoms with van der Waals surface area (Å²) in [6, 6.07) is 13.9. The van der Waals surface area contributed by atoms with Crippen molar-refractivity contribution in [2.75, 3.05) is 6.61 Å². The molecule has 3 N–H and O–H groups in total. The van der Waals surface area contributed by atoms with Crippen LogP contribution in [0.5, 0.6) is 0 Å². The molecule has 1 aliphatic rings. The van der Waals surface area contributed by atoms with Crippen molar-refractivity contribution in [3.63, 3.8) is 0 Å². The minimum absolute atomic E-state index is 0.233. The van der Waals surface area contributed by atoms with Crippen LogP contribution in [0, 0.1) is 5.92 Å². The second kappa shape index (κ2) is 9.97. The minimum atomic E-state index is -5.17. The van der Waals surface area contributed by atoms with E-state index in [1.54, 1.807) is 19.2 Å². The Hall–Kier alpha value is -3.56. The molecule has 10 heteroatoms. The summed E-state index contributed by atoms with van der Waals surface area (Å²) in [7, 11) is 0. The topological polar surface area (TPSA) is 105 Å². The molecule has 2 aromatic rings. The third-order valence-corrected chi connectivity index (χ3v) is 6.23. The third kappa shape index (κ3) is 5.41. The van der Waals surface area contributed by atoms with E-state index in [4.69, 9.17) is 9.84 Å². The maximum atomic E-state index is 13.9. The summed E-state index contributed by atoms with van der Waals surface area (Å²) in [5.41, 5.74) is 0.336. The van der Waals surface area contributed by atoms with E-state index in [1.165, 1.54) is 0 Å². The third-order valence-electron chi connectivity index (χ3n) is 6.23. The molecule has 188 valence electrons. The summed E-state index contributed by atoms with van der Waals surface area (Å²) in [6.45, 7) is 3.42. The van der Waals surface area contributed by atoms with Crippen LogP contribution in [-0.2, 0) is 14.3 Å². The lowest BCUT2D eigenvalue weighted by atomic mass is 9.96. The number of carboxylic acids is 1. The number of rotatable bonds is 8. The molecular weight excluding hydrogens is 465 g/mol. The number of halogens is 3. The van der Waals surface area contributed by atoms with Crippen LogP contribution in [-0.4, -0.2) is 47.4 Å². The Morgan fingerprint density at radius 1 is 1.00 bits per heavy atom. The largest absolute Gasteiger partial charge is 0.481 e. The van der Waals surface area contributed by atoms with Gasteiger partial charge in [0.1, 0.15) is 6.61 Å². The number of nitrogens with one attached hydrogen (secondary N) is 2. The van der Waals surface area contributed by atoms with Crippen molar-refractivity contribution in [1.29, 1.82) is 0 Å². The van der Waals surface area contributed by atoms with Crippen LogP contribution in [0.4, 0.5) is 18.0 Å². The van der Waals surface area contributed by atoms with Crippen LogP contribution in [0.2, 0.25) is 0 Å². The maximum absolute atomic E-state index is 13.9. The number of alkyl halides is 3. The summed E-state index contributed by atoms with van der Waals surface area (Å²) in [5, 5.41) is 12.8. The highest BCUT2D eigenvalue weighted by molar-refractivity contribution is 5.91. The first kappa shape index (κ1) is 26.1. The van der Waals surface area contributed by atoms with Crippen LogP contribution in [0.15, 0.2) is 48.5 Å². The van der Waals surface area contributed by atoms with Gasteiger partial charge in [0.15, 0.2) is 0 Å². The molecule has 0 bridgehead atoms. The van der Waals surface area contributed by atoms with Gasteiger partial charge >= 0.3 is 18.2 Å². The molecule has 3 rings (SSSR count). The molecule has 0 heterocycles. The first-order valence-electron chi connectivity index (χ1n) is 11.1. The monoisotopic (exact) mass is 492 g/mol. The highest BCUT2D eigenvalue weighted by Gasteiger charge is 2.58. The molecule has 0 saturated carbocycles. The van der Waals surface area contributed by atoms with Crippen molar-refractivity contribution >= 4 is 18.0 Å². The van der Waals surface area contributed by atoms with Crippen LogP contribution in [0.1, 0.15) is 44.2 Å². The van der Waals surface area contributed by atoms with Crippen molar-refractivity contribution in [2.45, 2.75) is 50.9 Å². The first-order chi connectivity index (χ1) is 16.3. The first-order valence-corrected chi connectivity index (χ1v) is 11.1. The Labute approximate surface area is 200 Å². The van der Waals surface area contributed by atoms with Gasteiger partial charge in [-0.1, -0.05) is 62.4 Å². The van der Waals surface area contributed by atoms with Crippen LogP contribution < -0.4 is 10.6 Å². The summed E-state index contributed by atoms with van der Waals surface area (Å²) in [4.78, 5) is 36.2. The number of aliphatic carboxylic acids is 1. The molecule has 2 amide bonds. The van der Waals surface area contributed by atoms with E-state index >= 15 is 0 Å². The van der Waals surface area contributed by atoms with E-state index in [0.717, 1.165) is 22.3 Å². The van der Waals surface area contributed by atoms with Crippen LogP contribution >= 0.6 is 0 Å². The highest BCUT2D eigenvalue weighted by atomic mass is 19.4. The van der Waals surface area contributed by atoms with E-state index in [9.17, 15) is 27.6 Å². The number of carbonyl (C=O) groups is 3. The lowest BCUT2D eigenvalue weighted by Crippen LogP contribution is -2.66. The van der Waals surface area contributed by atoms with E-state index < -0.39 is 48.1 Å². The Morgan fingerprint density at radius 3 is 1.97 bits per heavy atom. The molecule has 1 aliphatic carbocycles. The summed E-state index contributed by atoms with van der Waals surface area (Å²) >= 11 is 0. The van der Waals surface area contributed by atoms with Gasteiger partial charge in [0.25, 0.3) is 5.91 Å². The van der Waals surface area contributed by atoms with E-state index in [-0.39, 0.29) is 12.5 Å². The molecule has 0 saturated heterocycles. The fourth-order valence-electron chi connectivity index (χ4n) is 4.05. The van der Waals surface area contributed by atoms with Gasteiger partial charge in [0.2, 0.25) is 5.54 Å². The molecule has 0 aliphatic heterocycles. The zero-order valence-corrected chi connectivity index (χ0v) is 19.5. The number of hydrogen-bond acceptors (Lipinski definition) is 4. The van der Waals surface area contributed by atoms with Crippen molar-refractivity contribution in [2.24, 2.45) is 5.92 Å².